The molecule has 106 valence electrons. The van der Waals surface area contributed by atoms with Crippen molar-refractivity contribution in [2.24, 2.45) is 0 Å². The third kappa shape index (κ3) is 3.83. The number of carbonyl (C=O) groups excluding carboxylic acids is 1. The van der Waals surface area contributed by atoms with E-state index in [1.165, 1.54) is 0 Å². The van der Waals surface area contributed by atoms with Gasteiger partial charge < -0.3 is 4.74 Å². The van der Waals surface area contributed by atoms with Crippen LogP contribution in [0.3, 0.4) is 0 Å². The zero-order valence-corrected chi connectivity index (χ0v) is 12.5. The lowest BCUT2D eigenvalue weighted by molar-refractivity contribution is -0.128. The quantitative estimate of drug-likeness (QED) is 0.804. The fourth-order valence-corrected chi connectivity index (χ4v) is 3.18. The van der Waals surface area contributed by atoms with Crippen molar-refractivity contribution < 1.29 is 9.53 Å². The van der Waals surface area contributed by atoms with Crippen molar-refractivity contribution in [3.8, 4) is 0 Å². The highest BCUT2D eigenvalue weighted by atomic mass is 32.2. The number of nitrogens with zero attached hydrogens (tertiary/aromatic N) is 2. The molecule has 1 aliphatic heterocycles. The highest BCUT2D eigenvalue weighted by Crippen LogP contribution is 2.17. The van der Waals surface area contributed by atoms with Crippen LogP contribution in [0.5, 0.6) is 0 Å². The Hall–Kier alpha value is -0.810. The van der Waals surface area contributed by atoms with E-state index in [0.29, 0.717) is 19.1 Å². The van der Waals surface area contributed by atoms with E-state index < -0.39 is 0 Å². The van der Waals surface area contributed by atoms with Crippen molar-refractivity contribution in [2.45, 2.75) is 45.3 Å². The van der Waals surface area contributed by atoms with Crippen molar-refractivity contribution in [3.05, 3.63) is 18.0 Å². The predicted molar refractivity (Wildman–Crippen MR) is 77.6 cm³/mol. The third-order valence-electron chi connectivity index (χ3n) is 3.51. The second kappa shape index (κ2) is 7.10. The van der Waals surface area contributed by atoms with Crippen LogP contribution in [0.4, 0.5) is 0 Å². The fourth-order valence-electron chi connectivity index (χ4n) is 2.30. The molecule has 2 rings (SSSR count). The summed E-state index contributed by atoms with van der Waals surface area (Å²) in [5.41, 5.74) is 0.857. The minimum atomic E-state index is -0.239. The SMILES string of the molecule is CCC(CC)n1ccc(CC(=O)C2CSCCO2)n1. The first-order valence-electron chi connectivity index (χ1n) is 7.00. The Morgan fingerprint density at radius 1 is 1.58 bits per heavy atom. The molecule has 0 aliphatic carbocycles. The van der Waals surface area contributed by atoms with Crippen molar-refractivity contribution in [1.29, 1.82) is 0 Å². The van der Waals surface area contributed by atoms with Gasteiger partial charge in [-0.1, -0.05) is 13.8 Å². The van der Waals surface area contributed by atoms with E-state index in [-0.39, 0.29) is 11.9 Å². The molecule has 0 bridgehead atoms. The third-order valence-corrected chi connectivity index (χ3v) is 4.50. The Morgan fingerprint density at radius 2 is 2.37 bits per heavy atom. The first-order valence-corrected chi connectivity index (χ1v) is 8.16. The molecule has 0 amide bonds. The van der Waals surface area contributed by atoms with Gasteiger partial charge in [-0.05, 0) is 18.9 Å². The molecule has 1 aromatic heterocycles. The standard InChI is InChI=1S/C14H22N2O2S/c1-3-12(4-2)16-6-5-11(15-16)9-13(17)14-10-19-8-7-18-14/h5-6,12,14H,3-4,7-10H2,1-2H3. The van der Waals surface area contributed by atoms with Gasteiger partial charge in [-0.2, -0.15) is 16.9 Å². The summed E-state index contributed by atoms with van der Waals surface area (Å²) in [5, 5.41) is 4.52. The number of ketones is 1. The molecule has 1 aliphatic rings. The van der Waals surface area contributed by atoms with Crippen molar-refractivity contribution in [2.75, 3.05) is 18.1 Å². The molecule has 0 spiro atoms. The molecular weight excluding hydrogens is 260 g/mol. The topological polar surface area (TPSA) is 44.1 Å². The molecule has 1 fully saturated rings. The molecule has 1 aromatic rings. The molecule has 5 heteroatoms. The predicted octanol–water partition coefficient (Wildman–Crippen LogP) is 2.49. The van der Waals surface area contributed by atoms with Gasteiger partial charge in [-0.25, -0.2) is 0 Å². The Bertz CT molecular complexity index is 409. The van der Waals surface area contributed by atoms with E-state index in [1.807, 2.05) is 16.9 Å². The maximum absolute atomic E-state index is 12.1. The van der Waals surface area contributed by atoms with Crippen LogP contribution in [0.25, 0.3) is 0 Å². The summed E-state index contributed by atoms with van der Waals surface area (Å²) in [7, 11) is 0. The Balaban J connectivity index is 1.93. The molecule has 0 saturated carbocycles. The monoisotopic (exact) mass is 282 g/mol. The van der Waals surface area contributed by atoms with Gasteiger partial charge in [0.15, 0.2) is 5.78 Å². The summed E-state index contributed by atoms with van der Waals surface area (Å²) in [5.74, 6) is 1.93. The van der Waals surface area contributed by atoms with Crippen LogP contribution in [-0.2, 0) is 16.0 Å². The maximum atomic E-state index is 12.1. The lowest BCUT2D eigenvalue weighted by Gasteiger charge is -2.20. The average Bonchev–Trinajstić information content (AvgIpc) is 2.89. The number of rotatable bonds is 6. The highest BCUT2D eigenvalue weighted by molar-refractivity contribution is 7.99. The zero-order chi connectivity index (χ0) is 13.7. The minimum absolute atomic E-state index is 0.155. The molecule has 0 N–H and O–H groups in total. The molecule has 1 saturated heterocycles. The number of Topliss-reactive ketones (excluding diaryl/α,β-unsaturated/α-hetero) is 1. The lowest BCUT2D eigenvalue weighted by atomic mass is 10.1. The van der Waals surface area contributed by atoms with E-state index in [0.717, 1.165) is 30.0 Å². The van der Waals surface area contributed by atoms with Gasteiger partial charge in [0.2, 0.25) is 0 Å². The van der Waals surface area contributed by atoms with Gasteiger partial charge in [0, 0.05) is 17.7 Å². The van der Waals surface area contributed by atoms with Crippen LogP contribution in [0, 0.1) is 0 Å². The number of hydrogen-bond acceptors (Lipinski definition) is 4. The van der Waals surface area contributed by atoms with Gasteiger partial charge in [0.1, 0.15) is 6.10 Å². The van der Waals surface area contributed by atoms with Gasteiger partial charge in [-0.3, -0.25) is 9.48 Å². The molecule has 1 atom stereocenters. The van der Waals surface area contributed by atoms with Gasteiger partial charge in [0.05, 0.1) is 24.8 Å². The number of thioether (sulfide) groups is 1. The van der Waals surface area contributed by atoms with Crippen LogP contribution in [0.1, 0.15) is 38.4 Å². The molecule has 2 heterocycles. The lowest BCUT2D eigenvalue weighted by Crippen LogP contribution is -2.32. The van der Waals surface area contributed by atoms with Crippen LogP contribution < -0.4 is 0 Å². The summed E-state index contributed by atoms with van der Waals surface area (Å²) in [6.07, 6.45) is 4.26. The molecule has 19 heavy (non-hydrogen) atoms. The molecule has 0 aromatic carbocycles. The van der Waals surface area contributed by atoms with E-state index in [2.05, 4.69) is 18.9 Å². The summed E-state index contributed by atoms with van der Waals surface area (Å²) in [6.45, 7) is 5.00. The molecule has 0 radical (unpaired) electrons. The number of aromatic nitrogens is 2. The van der Waals surface area contributed by atoms with Crippen molar-refractivity contribution >= 4 is 17.5 Å². The number of hydrogen-bond donors (Lipinski definition) is 0. The van der Waals surface area contributed by atoms with E-state index in [1.54, 1.807) is 11.8 Å². The van der Waals surface area contributed by atoms with E-state index >= 15 is 0 Å². The summed E-state index contributed by atoms with van der Waals surface area (Å²) < 4.78 is 7.49. The average molecular weight is 282 g/mol. The zero-order valence-electron chi connectivity index (χ0n) is 11.7. The molecule has 1 unspecified atom stereocenters. The summed E-state index contributed by atoms with van der Waals surface area (Å²) in [6, 6.07) is 2.39. The van der Waals surface area contributed by atoms with Gasteiger partial charge in [0.25, 0.3) is 0 Å². The first-order chi connectivity index (χ1) is 9.24. The number of ether oxygens (including phenoxy) is 1. The van der Waals surface area contributed by atoms with E-state index in [9.17, 15) is 4.79 Å². The fraction of sp³-hybridized carbons (Fsp3) is 0.714. The summed E-state index contributed by atoms with van der Waals surface area (Å²) in [4.78, 5) is 12.1. The maximum Gasteiger partial charge on any atom is 0.168 e. The molecular formula is C14H22N2O2S. The Kier molecular flexibility index (Phi) is 5.45. The largest absolute Gasteiger partial charge is 0.369 e. The normalized spacial score (nSPS) is 19.8. The Morgan fingerprint density at radius 3 is 3.00 bits per heavy atom. The van der Waals surface area contributed by atoms with Crippen LogP contribution in [-0.4, -0.2) is 39.8 Å². The minimum Gasteiger partial charge on any atom is -0.369 e. The van der Waals surface area contributed by atoms with Crippen LogP contribution in [0.2, 0.25) is 0 Å². The second-order valence-electron chi connectivity index (χ2n) is 4.83. The van der Waals surface area contributed by atoms with Crippen molar-refractivity contribution in [1.82, 2.24) is 9.78 Å². The van der Waals surface area contributed by atoms with E-state index in [4.69, 9.17) is 4.74 Å². The van der Waals surface area contributed by atoms with Gasteiger partial charge in [-0.15, -0.1) is 0 Å². The van der Waals surface area contributed by atoms with Crippen LogP contribution >= 0.6 is 11.8 Å². The van der Waals surface area contributed by atoms with Crippen LogP contribution in [0.15, 0.2) is 12.3 Å². The second-order valence-corrected chi connectivity index (χ2v) is 5.98. The Labute approximate surface area is 118 Å². The first kappa shape index (κ1) is 14.6. The number of carbonyl (C=O) groups is 1. The summed E-state index contributed by atoms with van der Waals surface area (Å²) >= 11 is 1.79. The molecule has 4 nitrogen and oxygen atoms in total. The van der Waals surface area contributed by atoms with Crippen molar-refractivity contribution in [3.63, 3.8) is 0 Å². The highest BCUT2D eigenvalue weighted by Gasteiger charge is 2.23. The smallest absolute Gasteiger partial charge is 0.168 e. The van der Waals surface area contributed by atoms with Gasteiger partial charge >= 0.3 is 0 Å².